The van der Waals surface area contributed by atoms with E-state index in [0.29, 0.717) is 27.7 Å². The number of fused-ring (bicyclic) bond motifs is 1. The van der Waals surface area contributed by atoms with E-state index in [4.69, 9.17) is 16.3 Å². The summed E-state index contributed by atoms with van der Waals surface area (Å²) < 4.78 is 8.07. The number of nitrogens with one attached hydrogen (secondary N) is 1. The SMILES string of the molecule is COc1ccccc1NC(=O)Cn1ccn2nc(-c3ccc(Cl)cc3)cc2c1=O. The molecule has 0 aliphatic carbocycles. The number of ether oxygens (including phenoxy) is 1. The quantitative estimate of drug-likeness (QED) is 0.548. The zero-order valence-electron chi connectivity index (χ0n) is 15.5. The average Bonchev–Trinajstić information content (AvgIpc) is 3.16. The van der Waals surface area contributed by atoms with Crippen LogP contribution in [-0.4, -0.2) is 27.2 Å². The lowest BCUT2D eigenvalue weighted by molar-refractivity contribution is -0.116. The molecule has 0 unspecified atom stereocenters. The van der Waals surface area contributed by atoms with E-state index in [1.165, 1.54) is 22.4 Å². The van der Waals surface area contributed by atoms with Crippen LogP contribution in [0.4, 0.5) is 5.69 Å². The van der Waals surface area contributed by atoms with Crippen molar-refractivity contribution in [2.45, 2.75) is 6.54 Å². The summed E-state index contributed by atoms with van der Waals surface area (Å²) >= 11 is 5.92. The number of anilines is 1. The lowest BCUT2D eigenvalue weighted by atomic mass is 10.1. The molecule has 2 heterocycles. The Labute approximate surface area is 171 Å². The van der Waals surface area contributed by atoms with Gasteiger partial charge in [0.05, 0.1) is 18.5 Å². The van der Waals surface area contributed by atoms with Gasteiger partial charge in [-0.3, -0.25) is 9.59 Å². The zero-order chi connectivity index (χ0) is 20.4. The number of nitrogens with zero attached hydrogens (tertiary/aromatic N) is 3. The van der Waals surface area contributed by atoms with Gasteiger partial charge >= 0.3 is 0 Å². The number of para-hydroxylation sites is 2. The highest BCUT2D eigenvalue weighted by molar-refractivity contribution is 6.30. The van der Waals surface area contributed by atoms with Gasteiger partial charge in [-0.1, -0.05) is 35.9 Å². The Morgan fingerprint density at radius 1 is 1.14 bits per heavy atom. The molecule has 0 atom stereocenters. The number of amides is 1. The van der Waals surface area contributed by atoms with Crippen LogP contribution in [0, 0.1) is 0 Å². The first-order chi connectivity index (χ1) is 14.0. The van der Waals surface area contributed by atoms with Crippen LogP contribution in [-0.2, 0) is 11.3 Å². The molecule has 0 saturated heterocycles. The molecular weight excluding hydrogens is 392 g/mol. The number of hydrogen-bond acceptors (Lipinski definition) is 4. The standard InChI is InChI=1S/C21H17ClN4O3/c1-29-19-5-3-2-4-16(19)23-20(27)13-25-10-11-26-18(21(25)28)12-17(24-26)14-6-8-15(22)9-7-14/h2-12H,13H2,1H3,(H,23,27). The second kappa shape index (κ2) is 7.81. The van der Waals surface area contributed by atoms with Gasteiger partial charge in [0, 0.05) is 23.0 Å². The van der Waals surface area contributed by atoms with Crippen molar-refractivity contribution in [3.63, 3.8) is 0 Å². The van der Waals surface area contributed by atoms with E-state index in [1.54, 1.807) is 42.6 Å². The predicted molar refractivity (Wildman–Crippen MR) is 112 cm³/mol. The van der Waals surface area contributed by atoms with Crippen LogP contribution in [0.25, 0.3) is 16.8 Å². The molecule has 0 radical (unpaired) electrons. The zero-order valence-corrected chi connectivity index (χ0v) is 16.3. The van der Waals surface area contributed by atoms with Crippen molar-refractivity contribution in [2.75, 3.05) is 12.4 Å². The van der Waals surface area contributed by atoms with Gasteiger partial charge in [-0.05, 0) is 30.3 Å². The molecule has 0 spiro atoms. The molecule has 4 rings (SSSR count). The Morgan fingerprint density at radius 3 is 2.66 bits per heavy atom. The van der Waals surface area contributed by atoms with E-state index in [9.17, 15) is 9.59 Å². The van der Waals surface area contributed by atoms with Gasteiger partial charge in [-0.15, -0.1) is 0 Å². The van der Waals surface area contributed by atoms with Crippen LogP contribution in [0.1, 0.15) is 0 Å². The number of methoxy groups -OCH3 is 1. The minimum absolute atomic E-state index is 0.130. The third kappa shape index (κ3) is 3.86. The molecule has 2 aromatic carbocycles. The number of benzene rings is 2. The summed E-state index contributed by atoms with van der Waals surface area (Å²) in [5.74, 6) is 0.213. The Kier molecular flexibility index (Phi) is 5.05. The van der Waals surface area contributed by atoms with E-state index < -0.39 is 0 Å². The fourth-order valence-electron chi connectivity index (χ4n) is 3.00. The Morgan fingerprint density at radius 2 is 1.90 bits per heavy atom. The van der Waals surface area contributed by atoms with Crippen LogP contribution in [0.15, 0.2) is 71.8 Å². The van der Waals surface area contributed by atoms with Crippen molar-refractivity contribution in [1.82, 2.24) is 14.2 Å². The third-order valence-corrected chi connectivity index (χ3v) is 4.69. The number of carbonyl (C=O) groups is 1. The van der Waals surface area contributed by atoms with Crippen LogP contribution < -0.4 is 15.6 Å². The second-order valence-electron chi connectivity index (χ2n) is 6.35. The largest absolute Gasteiger partial charge is 0.495 e. The molecule has 8 heteroatoms. The monoisotopic (exact) mass is 408 g/mol. The summed E-state index contributed by atoms with van der Waals surface area (Å²) in [6, 6.07) is 16.0. The first-order valence-corrected chi connectivity index (χ1v) is 9.20. The van der Waals surface area contributed by atoms with Gasteiger partial charge in [0.25, 0.3) is 5.56 Å². The molecule has 29 heavy (non-hydrogen) atoms. The van der Waals surface area contributed by atoms with Crippen LogP contribution in [0.3, 0.4) is 0 Å². The van der Waals surface area contributed by atoms with Crippen molar-refractivity contribution >= 4 is 28.7 Å². The van der Waals surface area contributed by atoms with Crippen LogP contribution in [0.5, 0.6) is 5.75 Å². The molecular formula is C21H17ClN4O3. The molecule has 1 amide bonds. The van der Waals surface area contributed by atoms with E-state index in [-0.39, 0.29) is 18.0 Å². The van der Waals surface area contributed by atoms with Crippen LogP contribution >= 0.6 is 11.6 Å². The maximum atomic E-state index is 12.8. The highest BCUT2D eigenvalue weighted by atomic mass is 35.5. The van der Waals surface area contributed by atoms with Crippen molar-refractivity contribution in [3.8, 4) is 17.0 Å². The molecule has 4 aromatic rings. The first-order valence-electron chi connectivity index (χ1n) is 8.83. The maximum absolute atomic E-state index is 12.8. The highest BCUT2D eigenvalue weighted by Crippen LogP contribution is 2.23. The lowest BCUT2D eigenvalue weighted by Gasteiger charge is -2.10. The number of aromatic nitrogens is 3. The van der Waals surface area contributed by atoms with E-state index in [2.05, 4.69) is 10.4 Å². The smallest absolute Gasteiger partial charge is 0.277 e. The minimum atomic E-state index is -0.335. The summed E-state index contributed by atoms with van der Waals surface area (Å²) in [4.78, 5) is 25.3. The summed E-state index contributed by atoms with van der Waals surface area (Å²) in [7, 11) is 1.53. The van der Waals surface area contributed by atoms with Gasteiger partial charge in [-0.2, -0.15) is 5.10 Å². The molecule has 0 fully saturated rings. The summed E-state index contributed by atoms with van der Waals surface area (Å²) in [6.45, 7) is -0.130. The predicted octanol–water partition coefficient (Wildman–Crippen LogP) is 3.46. The first kappa shape index (κ1) is 18.8. The Balaban J connectivity index is 1.59. The number of hydrogen-bond donors (Lipinski definition) is 1. The lowest BCUT2D eigenvalue weighted by Crippen LogP contribution is -2.28. The van der Waals surface area contributed by atoms with Gasteiger partial charge in [0.2, 0.25) is 5.91 Å². The fraction of sp³-hybridized carbons (Fsp3) is 0.0952. The van der Waals surface area contributed by atoms with E-state index in [1.807, 2.05) is 18.2 Å². The third-order valence-electron chi connectivity index (χ3n) is 4.44. The summed E-state index contributed by atoms with van der Waals surface area (Å²) in [5.41, 5.74) is 2.11. The molecule has 1 N–H and O–H groups in total. The number of carbonyl (C=O) groups excluding carboxylic acids is 1. The number of halogens is 1. The number of rotatable bonds is 5. The highest BCUT2D eigenvalue weighted by Gasteiger charge is 2.12. The minimum Gasteiger partial charge on any atom is -0.495 e. The molecule has 2 aromatic heterocycles. The van der Waals surface area contributed by atoms with Crippen LogP contribution in [0.2, 0.25) is 5.02 Å². The summed E-state index contributed by atoms with van der Waals surface area (Å²) in [6.07, 6.45) is 3.18. The van der Waals surface area contributed by atoms with Gasteiger partial charge in [0.15, 0.2) is 0 Å². The van der Waals surface area contributed by atoms with Crippen molar-refractivity contribution in [3.05, 3.63) is 82.4 Å². The second-order valence-corrected chi connectivity index (χ2v) is 6.78. The van der Waals surface area contributed by atoms with Gasteiger partial charge in [-0.25, -0.2) is 4.52 Å². The Hall–Kier alpha value is -3.58. The molecule has 0 aliphatic rings. The van der Waals surface area contributed by atoms with E-state index >= 15 is 0 Å². The normalized spacial score (nSPS) is 10.8. The maximum Gasteiger partial charge on any atom is 0.277 e. The average molecular weight is 409 g/mol. The van der Waals surface area contributed by atoms with Gasteiger partial charge < -0.3 is 14.6 Å². The summed E-state index contributed by atoms with van der Waals surface area (Å²) in [5, 5.41) is 7.82. The molecule has 0 aliphatic heterocycles. The fourth-order valence-corrected chi connectivity index (χ4v) is 3.13. The van der Waals surface area contributed by atoms with Crippen molar-refractivity contribution in [1.29, 1.82) is 0 Å². The molecule has 0 saturated carbocycles. The van der Waals surface area contributed by atoms with Crippen molar-refractivity contribution < 1.29 is 9.53 Å². The van der Waals surface area contributed by atoms with E-state index in [0.717, 1.165) is 5.56 Å². The topological polar surface area (TPSA) is 77.6 Å². The van der Waals surface area contributed by atoms with Crippen molar-refractivity contribution in [2.24, 2.45) is 0 Å². The molecule has 146 valence electrons. The molecule has 7 nitrogen and oxygen atoms in total. The molecule has 0 bridgehead atoms. The van der Waals surface area contributed by atoms with Gasteiger partial charge in [0.1, 0.15) is 17.8 Å². The Bertz CT molecular complexity index is 1250.